The summed E-state index contributed by atoms with van der Waals surface area (Å²) >= 11 is 0. The lowest BCUT2D eigenvalue weighted by Gasteiger charge is -2.17. The molecule has 30 heavy (non-hydrogen) atoms. The monoisotopic (exact) mass is 412 g/mol. The van der Waals surface area contributed by atoms with Gasteiger partial charge in [-0.05, 0) is 12.1 Å². The highest BCUT2D eigenvalue weighted by molar-refractivity contribution is 5.76. The fourth-order valence-electron chi connectivity index (χ4n) is 3.27. The molecule has 3 atom stereocenters. The molecular weight excluding hydrogens is 392 g/mol. The van der Waals surface area contributed by atoms with E-state index in [1.54, 1.807) is 10.9 Å². The van der Waals surface area contributed by atoms with Gasteiger partial charge >= 0.3 is 11.9 Å². The van der Waals surface area contributed by atoms with Gasteiger partial charge in [-0.2, -0.15) is 4.98 Å². The Labute approximate surface area is 171 Å². The van der Waals surface area contributed by atoms with Crippen LogP contribution in [0.2, 0.25) is 0 Å². The van der Waals surface area contributed by atoms with Crippen LogP contribution < -0.4 is 4.74 Å². The molecule has 3 heterocycles. The van der Waals surface area contributed by atoms with Crippen LogP contribution in [0.3, 0.4) is 0 Å². The number of hydrogen-bond acceptors (Lipinski definition) is 9. The van der Waals surface area contributed by atoms with Crippen molar-refractivity contribution in [3.8, 4) is 11.6 Å². The molecule has 0 saturated carbocycles. The molecule has 10 heteroatoms. The number of carbonyl (C=O) groups excluding carboxylic acids is 2. The van der Waals surface area contributed by atoms with Crippen LogP contribution in [0, 0.1) is 0 Å². The van der Waals surface area contributed by atoms with E-state index in [9.17, 15) is 9.59 Å². The minimum absolute atomic E-state index is 0.0201. The molecule has 1 saturated heterocycles. The lowest BCUT2D eigenvalue weighted by molar-refractivity contribution is -0.155. The standard InChI is InChI=1S/C20H20N4O6/c1-12(25)27-9-16-15(28-13(2)26)8-17(30-16)24-11-23-18-19(24)21-10-22-20(18)29-14-6-4-3-5-7-14/h3-7,10-11,15-17H,8-9H2,1-2H3/t15-,16+,17+/m0/s1. The predicted octanol–water partition coefficient (Wildman–Crippen LogP) is 2.40. The van der Waals surface area contributed by atoms with E-state index in [1.165, 1.54) is 20.2 Å². The topological polar surface area (TPSA) is 115 Å². The molecule has 1 fully saturated rings. The molecule has 0 aliphatic carbocycles. The van der Waals surface area contributed by atoms with Crippen molar-refractivity contribution in [1.82, 2.24) is 19.5 Å². The first-order chi connectivity index (χ1) is 14.5. The van der Waals surface area contributed by atoms with Crippen LogP contribution in [0.15, 0.2) is 43.0 Å². The molecule has 0 spiro atoms. The van der Waals surface area contributed by atoms with Crippen LogP contribution in [0.25, 0.3) is 11.2 Å². The first-order valence-corrected chi connectivity index (χ1v) is 9.37. The van der Waals surface area contributed by atoms with E-state index in [4.69, 9.17) is 18.9 Å². The molecule has 0 amide bonds. The number of benzene rings is 1. The Morgan fingerprint density at radius 1 is 1.13 bits per heavy atom. The van der Waals surface area contributed by atoms with Crippen LogP contribution in [0.1, 0.15) is 26.5 Å². The third-order valence-corrected chi connectivity index (χ3v) is 4.54. The largest absolute Gasteiger partial charge is 0.463 e. The van der Waals surface area contributed by atoms with Gasteiger partial charge in [-0.25, -0.2) is 9.97 Å². The van der Waals surface area contributed by atoms with Gasteiger partial charge in [0.2, 0.25) is 0 Å². The van der Waals surface area contributed by atoms with Crippen LogP contribution >= 0.6 is 0 Å². The quantitative estimate of drug-likeness (QED) is 0.563. The second-order valence-electron chi connectivity index (χ2n) is 6.73. The predicted molar refractivity (Wildman–Crippen MR) is 103 cm³/mol. The molecule has 2 aromatic heterocycles. The van der Waals surface area contributed by atoms with Gasteiger partial charge < -0.3 is 18.9 Å². The molecular formula is C20H20N4O6. The Balaban J connectivity index is 1.59. The van der Waals surface area contributed by atoms with Crippen molar-refractivity contribution in [2.75, 3.05) is 6.61 Å². The number of esters is 2. The maximum absolute atomic E-state index is 11.5. The molecule has 3 aromatic rings. The number of aromatic nitrogens is 4. The number of imidazole rings is 1. The minimum Gasteiger partial charge on any atom is -0.463 e. The maximum atomic E-state index is 11.5. The molecule has 1 aromatic carbocycles. The van der Waals surface area contributed by atoms with E-state index in [-0.39, 0.29) is 6.61 Å². The third kappa shape index (κ3) is 4.23. The molecule has 1 aliphatic rings. The zero-order chi connectivity index (χ0) is 21.1. The third-order valence-electron chi connectivity index (χ3n) is 4.54. The number of fused-ring (bicyclic) bond motifs is 1. The summed E-state index contributed by atoms with van der Waals surface area (Å²) in [6, 6.07) is 9.23. The van der Waals surface area contributed by atoms with Crippen LogP contribution in [-0.4, -0.2) is 50.3 Å². The van der Waals surface area contributed by atoms with E-state index in [1.807, 2.05) is 30.3 Å². The van der Waals surface area contributed by atoms with Crippen molar-refractivity contribution < 1.29 is 28.5 Å². The van der Waals surface area contributed by atoms with Crippen molar-refractivity contribution in [3.63, 3.8) is 0 Å². The lowest BCUT2D eigenvalue weighted by atomic mass is 10.2. The van der Waals surface area contributed by atoms with Crippen molar-refractivity contribution >= 4 is 23.1 Å². The number of carbonyl (C=O) groups is 2. The van der Waals surface area contributed by atoms with Gasteiger partial charge in [-0.15, -0.1) is 0 Å². The number of nitrogens with zero attached hydrogens (tertiary/aromatic N) is 4. The molecule has 0 radical (unpaired) electrons. The molecule has 0 bridgehead atoms. The summed E-state index contributed by atoms with van der Waals surface area (Å²) in [6.07, 6.45) is 1.64. The number of rotatable bonds is 6. The highest BCUT2D eigenvalue weighted by atomic mass is 16.6. The lowest BCUT2D eigenvalue weighted by Crippen LogP contribution is -2.31. The van der Waals surface area contributed by atoms with Crippen molar-refractivity contribution in [2.45, 2.75) is 38.7 Å². The average molecular weight is 412 g/mol. The van der Waals surface area contributed by atoms with Crippen molar-refractivity contribution in [3.05, 3.63) is 43.0 Å². The Morgan fingerprint density at radius 3 is 2.67 bits per heavy atom. The first-order valence-electron chi connectivity index (χ1n) is 9.37. The fourth-order valence-corrected chi connectivity index (χ4v) is 3.27. The summed E-state index contributed by atoms with van der Waals surface area (Å²) in [5, 5.41) is 0. The summed E-state index contributed by atoms with van der Waals surface area (Å²) in [6.45, 7) is 2.61. The van der Waals surface area contributed by atoms with Gasteiger partial charge in [-0.1, -0.05) is 18.2 Å². The van der Waals surface area contributed by atoms with E-state index >= 15 is 0 Å². The van der Waals surface area contributed by atoms with Gasteiger partial charge in [-0.3, -0.25) is 14.2 Å². The zero-order valence-corrected chi connectivity index (χ0v) is 16.4. The van der Waals surface area contributed by atoms with Gasteiger partial charge in [0.25, 0.3) is 5.88 Å². The van der Waals surface area contributed by atoms with E-state index in [2.05, 4.69) is 15.0 Å². The highest BCUT2D eigenvalue weighted by Gasteiger charge is 2.40. The Kier molecular flexibility index (Phi) is 5.57. The maximum Gasteiger partial charge on any atom is 0.303 e. The molecule has 4 rings (SSSR count). The molecule has 10 nitrogen and oxygen atoms in total. The second-order valence-corrected chi connectivity index (χ2v) is 6.73. The van der Waals surface area contributed by atoms with E-state index < -0.39 is 30.4 Å². The number of hydrogen-bond donors (Lipinski definition) is 0. The average Bonchev–Trinajstić information content (AvgIpc) is 3.31. The smallest absolute Gasteiger partial charge is 0.303 e. The van der Waals surface area contributed by atoms with Gasteiger partial charge in [0.1, 0.15) is 37.1 Å². The van der Waals surface area contributed by atoms with Gasteiger partial charge in [0.15, 0.2) is 11.2 Å². The number of ether oxygens (including phenoxy) is 4. The summed E-state index contributed by atoms with van der Waals surface area (Å²) in [7, 11) is 0. The summed E-state index contributed by atoms with van der Waals surface area (Å²) in [4.78, 5) is 35.5. The Hall–Kier alpha value is -3.53. The fraction of sp³-hybridized carbons (Fsp3) is 0.350. The molecule has 0 unspecified atom stereocenters. The van der Waals surface area contributed by atoms with E-state index in [0.717, 1.165) is 0 Å². The molecule has 1 aliphatic heterocycles. The zero-order valence-electron chi connectivity index (χ0n) is 16.4. The summed E-state index contributed by atoms with van der Waals surface area (Å²) in [5.74, 6) is 0.0667. The van der Waals surface area contributed by atoms with E-state index in [0.29, 0.717) is 29.2 Å². The number of para-hydroxylation sites is 1. The molecule has 0 N–H and O–H groups in total. The van der Waals surface area contributed by atoms with Crippen molar-refractivity contribution in [2.24, 2.45) is 0 Å². The van der Waals surface area contributed by atoms with Gasteiger partial charge in [0, 0.05) is 20.3 Å². The van der Waals surface area contributed by atoms with Crippen LogP contribution in [0.4, 0.5) is 0 Å². The van der Waals surface area contributed by atoms with Crippen LogP contribution in [0.5, 0.6) is 11.6 Å². The van der Waals surface area contributed by atoms with Crippen molar-refractivity contribution in [1.29, 1.82) is 0 Å². The summed E-state index contributed by atoms with van der Waals surface area (Å²) in [5.41, 5.74) is 0.980. The normalized spacial score (nSPS) is 20.8. The Morgan fingerprint density at radius 2 is 1.93 bits per heavy atom. The summed E-state index contributed by atoms with van der Waals surface area (Å²) < 4.78 is 24.0. The minimum atomic E-state index is -0.595. The highest BCUT2D eigenvalue weighted by Crippen LogP contribution is 2.34. The SMILES string of the molecule is CC(=O)OC[C@H]1O[C@@H](n2cnc3c(Oc4ccccc4)ncnc32)C[C@@H]1OC(C)=O. The molecule has 156 valence electrons. The van der Waals surface area contributed by atoms with Crippen LogP contribution in [-0.2, 0) is 23.8 Å². The first kappa shape index (κ1) is 19.8. The van der Waals surface area contributed by atoms with Gasteiger partial charge in [0.05, 0.1) is 6.33 Å². The second kappa shape index (κ2) is 8.46. The Bertz CT molecular complexity index is 1050.